The average molecular weight is 426 g/mol. The monoisotopic (exact) mass is 425 g/mol. The molecule has 0 radical (unpaired) electrons. The zero-order chi connectivity index (χ0) is 18.0. The van der Waals surface area contributed by atoms with Crippen molar-refractivity contribution in [1.29, 1.82) is 0 Å². The Morgan fingerprint density at radius 2 is 1.96 bits per heavy atom. The van der Waals surface area contributed by atoms with Crippen molar-refractivity contribution in [3.05, 3.63) is 58.1 Å². The van der Waals surface area contributed by atoms with Gasteiger partial charge in [0.05, 0.1) is 24.1 Å². The topological polar surface area (TPSA) is 109 Å². The number of rotatable bonds is 5. The van der Waals surface area contributed by atoms with Gasteiger partial charge in [-0.15, -0.1) is 10.2 Å². The minimum atomic E-state index is -3.89. The van der Waals surface area contributed by atoms with Crippen molar-refractivity contribution in [2.45, 2.75) is 11.4 Å². The summed E-state index contributed by atoms with van der Waals surface area (Å²) in [4.78, 5) is -0.0128. The molecule has 0 atom stereocenters. The molecule has 0 saturated heterocycles. The molecule has 1 aliphatic heterocycles. The molecule has 0 aliphatic carbocycles. The van der Waals surface area contributed by atoms with Crippen molar-refractivity contribution >= 4 is 31.8 Å². The summed E-state index contributed by atoms with van der Waals surface area (Å²) >= 11 is 3.35. The van der Waals surface area contributed by atoms with E-state index in [1.165, 1.54) is 6.07 Å². The first-order valence-electron chi connectivity index (χ1n) is 7.20. The van der Waals surface area contributed by atoms with Gasteiger partial charge in [-0.1, -0.05) is 18.2 Å². The number of nitrogens with one attached hydrogen (secondary N) is 2. The van der Waals surface area contributed by atoms with Crippen molar-refractivity contribution in [2.75, 3.05) is 7.11 Å². The van der Waals surface area contributed by atoms with Gasteiger partial charge in [0.25, 0.3) is 0 Å². The quantitative estimate of drug-likeness (QED) is 0.665. The number of nitrogens with two attached hydrogens (primary N) is 1. The van der Waals surface area contributed by atoms with E-state index in [9.17, 15) is 8.42 Å². The molecule has 0 spiro atoms. The summed E-state index contributed by atoms with van der Waals surface area (Å²) in [5, 5.41) is 11.1. The van der Waals surface area contributed by atoms with Gasteiger partial charge in [0.1, 0.15) is 5.75 Å². The molecule has 2 aromatic carbocycles. The molecule has 1 aliphatic rings. The lowest BCUT2D eigenvalue weighted by atomic mass is 10.2. The number of hydrazine groups is 2. The highest BCUT2D eigenvalue weighted by molar-refractivity contribution is 9.10. The molecule has 2 aromatic rings. The van der Waals surface area contributed by atoms with Crippen LogP contribution >= 0.6 is 15.9 Å². The van der Waals surface area contributed by atoms with Gasteiger partial charge in [0.15, 0.2) is 5.84 Å². The van der Waals surface area contributed by atoms with Gasteiger partial charge >= 0.3 is 0 Å². The maximum atomic E-state index is 11.8. The first-order chi connectivity index (χ1) is 11.9. The highest BCUT2D eigenvalue weighted by Crippen LogP contribution is 2.25. The van der Waals surface area contributed by atoms with E-state index in [2.05, 4.69) is 32.0 Å². The number of benzene rings is 2. The minimum Gasteiger partial charge on any atom is -0.497 e. The molecule has 1 heterocycles. The standard InChI is InChI=1S/C15H16BrN5O3S/c1-24-11-7-5-10(6-8-11)9-21-19-15(18-20-21)14-12(16)3-2-4-13(14)25(17,22)23/h2-8,20H,9H2,1H3,(H,18,19)(H2,17,22,23). The molecular formula is C15H16BrN5O3S. The Bertz CT molecular complexity index is 915. The lowest BCUT2D eigenvalue weighted by Gasteiger charge is -2.17. The fourth-order valence-corrected chi connectivity index (χ4v) is 3.80. The van der Waals surface area contributed by atoms with Gasteiger partial charge in [-0.25, -0.2) is 19.1 Å². The average Bonchev–Trinajstić information content (AvgIpc) is 3.02. The van der Waals surface area contributed by atoms with E-state index in [0.717, 1.165) is 11.3 Å². The molecule has 25 heavy (non-hydrogen) atoms. The maximum absolute atomic E-state index is 11.8. The van der Waals surface area contributed by atoms with Crippen LogP contribution < -0.4 is 20.8 Å². The van der Waals surface area contributed by atoms with Crippen LogP contribution in [-0.2, 0) is 16.6 Å². The Balaban J connectivity index is 1.79. The van der Waals surface area contributed by atoms with Crippen LogP contribution in [0.3, 0.4) is 0 Å². The van der Waals surface area contributed by atoms with E-state index in [0.29, 0.717) is 22.4 Å². The summed E-state index contributed by atoms with van der Waals surface area (Å²) in [6, 6.07) is 12.3. The second kappa shape index (κ2) is 7.00. The number of ether oxygens (including phenoxy) is 1. The molecule has 0 amide bonds. The predicted molar refractivity (Wildman–Crippen MR) is 96.9 cm³/mol. The van der Waals surface area contributed by atoms with Crippen molar-refractivity contribution in [3.63, 3.8) is 0 Å². The first kappa shape index (κ1) is 17.7. The predicted octanol–water partition coefficient (Wildman–Crippen LogP) is 1.29. The number of hydrazone groups is 1. The summed E-state index contributed by atoms with van der Waals surface area (Å²) < 4.78 is 29.3. The third kappa shape index (κ3) is 3.93. The molecule has 0 aromatic heterocycles. The third-order valence-corrected chi connectivity index (χ3v) is 5.16. The lowest BCUT2D eigenvalue weighted by Crippen LogP contribution is -2.41. The molecule has 10 heteroatoms. The van der Waals surface area contributed by atoms with Crippen LogP contribution in [0.5, 0.6) is 5.75 Å². The second-order valence-electron chi connectivity index (χ2n) is 5.26. The highest BCUT2D eigenvalue weighted by atomic mass is 79.9. The normalized spacial score (nSPS) is 14.6. The van der Waals surface area contributed by atoms with Gasteiger partial charge in [-0.05, 0) is 45.8 Å². The van der Waals surface area contributed by atoms with Crippen molar-refractivity contribution in [1.82, 2.24) is 16.1 Å². The van der Waals surface area contributed by atoms with Crippen LogP contribution in [0, 0.1) is 0 Å². The number of methoxy groups -OCH3 is 1. The van der Waals surface area contributed by atoms with E-state index in [1.54, 1.807) is 24.4 Å². The number of amidine groups is 1. The minimum absolute atomic E-state index is 0.0128. The van der Waals surface area contributed by atoms with Crippen molar-refractivity contribution < 1.29 is 13.2 Å². The molecule has 0 saturated carbocycles. The van der Waals surface area contributed by atoms with Crippen molar-refractivity contribution in [2.24, 2.45) is 10.2 Å². The van der Waals surface area contributed by atoms with Gasteiger partial charge in [-0.2, -0.15) is 0 Å². The molecule has 0 unspecified atom stereocenters. The Morgan fingerprint density at radius 1 is 1.24 bits per heavy atom. The summed E-state index contributed by atoms with van der Waals surface area (Å²) in [7, 11) is -2.28. The Hall–Kier alpha value is -2.14. The molecule has 4 N–H and O–H groups in total. The first-order valence-corrected chi connectivity index (χ1v) is 9.54. The van der Waals surface area contributed by atoms with Crippen LogP contribution in [0.2, 0.25) is 0 Å². The Labute approximate surface area is 153 Å². The van der Waals surface area contributed by atoms with E-state index in [1.807, 2.05) is 24.3 Å². The summed E-state index contributed by atoms with van der Waals surface area (Å²) in [5.74, 6) is 1.12. The van der Waals surface area contributed by atoms with Crippen LogP contribution in [-0.4, -0.2) is 26.5 Å². The smallest absolute Gasteiger partial charge is 0.238 e. The van der Waals surface area contributed by atoms with E-state index < -0.39 is 10.0 Å². The number of hydrogen-bond acceptors (Lipinski definition) is 7. The molecular weight excluding hydrogens is 410 g/mol. The third-order valence-electron chi connectivity index (χ3n) is 3.54. The number of sulfonamides is 1. The lowest BCUT2D eigenvalue weighted by molar-refractivity contribution is 0.170. The van der Waals surface area contributed by atoms with Crippen molar-refractivity contribution in [3.8, 4) is 5.75 Å². The largest absolute Gasteiger partial charge is 0.497 e. The maximum Gasteiger partial charge on any atom is 0.238 e. The van der Waals surface area contributed by atoms with E-state index in [4.69, 9.17) is 9.88 Å². The second-order valence-corrected chi connectivity index (χ2v) is 7.65. The Kier molecular flexibility index (Phi) is 4.95. The number of hydrogen-bond donors (Lipinski definition) is 3. The number of primary sulfonamides is 1. The van der Waals surface area contributed by atoms with Crippen LogP contribution in [0.25, 0.3) is 0 Å². The summed E-state index contributed by atoms with van der Waals surface area (Å²) in [5.41, 5.74) is 7.22. The molecule has 0 fully saturated rings. The summed E-state index contributed by atoms with van der Waals surface area (Å²) in [6.45, 7) is 0.492. The Morgan fingerprint density at radius 3 is 2.60 bits per heavy atom. The van der Waals surface area contributed by atoms with Gasteiger partial charge < -0.3 is 4.74 Å². The zero-order valence-corrected chi connectivity index (χ0v) is 15.6. The van der Waals surface area contributed by atoms with Crippen LogP contribution in [0.4, 0.5) is 0 Å². The highest BCUT2D eigenvalue weighted by Gasteiger charge is 2.25. The fraction of sp³-hybridized carbons (Fsp3) is 0.133. The van der Waals surface area contributed by atoms with Gasteiger partial charge in [-0.3, -0.25) is 5.43 Å². The molecule has 0 bridgehead atoms. The fourth-order valence-electron chi connectivity index (χ4n) is 2.36. The molecule has 8 nitrogen and oxygen atoms in total. The SMILES string of the molecule is COc1ccc(CN2NN=C(c3c(Br)cccc3S(N)(=O)=O)N2)cc1. The number of halogens is 1. The molecule has 132 valence electrons. The van der Waals surface area contributed by atoms with E-state index in [-0.39, 0.29) is 4.90 Å². The number of nitrogens with zero attached hydrogens (tertiary/aromatic N) is 2. The van der Waals surface area contributed by atoms with Gasteiger partial charge in [0, 0.05) is 4.47 Å². The van der Waals surface area contributed by atoms with Crippen LogP contribution in [0.15, 0.2) is 56.9 Å². The summed E-state index contributed by atoms with van der Waals surface area (Å²) in [6.07, 6.45) is 0. The van der Waals surface area contributed by atoms with Crippen LogP contribution in [0.1, 0.15) is 11.1 Å². The molecule has 3 rings (SSSR count). The zero-order valence-electron chi connectivity index (χ0n) is 13.2. The van der Waals surface area contributed by atoms with E-state index >= 15 is 0 Å². The van der Waals surface area contributed by atoms with Gasteiger partial charge in [0.2, 0.25) is 10.0 Å².